The van der Waals surface area contributed by atoms with Crippen LogP contribution in [0.2, 0.25) is 5.02 Å². The van der Waals surface area contributed by atoms with Crippen LogP contribution in [-0.2, 0) is 0 Å². The second-order valence-corrected chi connectivity index (χ2v) is 8.79. The average molecular weight is 447 g/mol. The van der Waals surface area contributed by atoms with Crippen LogP contribution in [-0.4, -0.2) is 30.7 Å². The molecule has 0 saturated carbocycles. The summed E-state index contributed by atoms with van der Waals surface area (Å²) in [6.07, 6.45) is 3.07. The lowest BCUT2D eigenvalue weighted by atomic mass is 9.74. The highest BCUT2D eigenvalue weighted by molar-refractivity contribution is 6.33. The topological polar surface area (TPSA) is 118 Å². The van der Waals surface area contributed by atoms with Gasteiger partial charge in [-0.25, -0.2) is 9.50 Å². The largest absolute Gasteiger partial charge is 0.368 e. The molecule has 160 valence electrons. The van der Waals surface area contributed by atoms with Crippen LogP contribution in [0.15, 0.2) is 53.6 Å². The van der Waals surface area contributed by atoms with E-state index < -0.39 is 0 Å². The summed E-state index contributed by atoms with van der Waals surface area (Å²) in [6, 6.07) is 12.7. The summed E-state index contributed by atoms with van der Waals surface area (Å²) < 4.78 is 3.09. The molecule has 0 bridgehead atoms. The molecule has 1 atom stereocenters. The number of halogens is 1. The number of anilines is 2. The molecular weight excluding hydrogens is 428 g/mol. The van der Waals surface area contributed by atoms with Gasteiger partial charge in [-0.15, -0.1) is 0 Å². The van der Waals surface area contributed by atoms with Crippen molar-refractivity contribution < 1.29 is 0 Å². The van der Waals surface area contributed by atoms with E-state index in [2.05, 4.69) is 29.9 Å². The molecule has 1 aliphatic heterocycles. The van der Waals surface area contributed by atoms with Gasteiger partial charge in [-0.05, 0) is 18.2 Å². The fraction of sp³-hybridized carbons (Fsp3) is 0.227. The third-order valence-electron chi connectivity index (χ3n) is 5.73. The first-order valence-electron chi connectivity index (χ1n) is 9.96. The van der Waals surface area contributed by atoms with E-state index in [1.165, 1.54) is 10.7 Å². The third kappa shape index (κ3) is 2.92. The minimum atomic E-state index is -0.359. The standard InChI is InChI=1S/C22H19ClN8O/c1-22(2)12-29(18-13(10-24)11-26-21(25)27-18)17(22)19-28-30-9-8-15(23)16(30)20(32)31(19)14-6-4-3-5-7-14/h3-9,11,17H,12H2,1-2H3,(H2,25,26,27)/t17-/m1/s1. The highest BCUT2D eigenvalue weighted by Gasteiger charge is 2.50. The van der Waals surface area contributed by atoms with Crippen LogP contribution in [0, 0.1) is 16.7 Å². The maximum atomic E-state index is 13.6. The highest BCUT2D eigenvalue weighted by atomic mass is 35.5. The molecule has 5 rings (SSSR count). The number of benzene rings is 1. The lowest BCUT2D eigenvalue weighted by molar-refractivity contribution is 0.166. The molecular formula is C22H19ClN8O. The van der Waals surface area contributed by atoms with Crippen molar-refractivity contribution in [1.82, 2.24) is 24.1 Å². The van der Waals surface area contributed by atoms with Crippen molar-refractivity contribution in [3.63, 3.8) is 0 Å². The second-order valence-electron chi connectivity index (χ2n) is 8.39. The van der Waals surface area contributed by atoms with Gasteiger partial charge in [0.2, 0.25) is 5.95 Å². The fourth-order valence-electron chi connectivity index (χ4n) is 4.35. The smallest absolute Gasteiger partial charge is 0.284 e. The predicted molar refractivity (Wildman–Crippen MR) is 121 cm³/mol. The number of aromatic nitrogens is 5. The van der Waals surface area contributed by atoms with Gasteiger partial charge < -0.3 is 10.6 Å². The SMILES string of the molecule is CC1(C)CN(c2nc(N)ncc2C#N)[C@@H]1c1nn2ccc(Cl)c2c(=O)n1-c1ccccc1. The molecule has 32 heavy (non-hydrogen) atoms. The zero-order valence-corrected chi connectivity index (χ0v) is 18.2. The molecule has 0 amide bonds. The number of nitrogens with zero attached hydrogens (tertiary/aromatic N) is 7. The Labute approximate surface area is 188 Å². The predicted octanol–water partition coefficient (Wildman–Crippen LogP) is 2.97. The molecule has 0 radical (unpaired) electrons. The molecule has 1 fully saturated rings. The Morgan fingerprint density at radius 2 is 2.00 bits per heavy atom. The minimum Gasteiger partial charge on any atom is -0.368 e. The van der Waals surface area contributed by atoms with Gasteiger partial charge in [0.15, 0.2) is 11.6 Å². The van der Waals surface area contributed by atoms with E-state index in [4.69, 9.17) is 22.4 Å². The van der Waals surface area contributed by atoms with Crippen molar-refractivity contribution in [2.75, 3.05) is 17.2 Å². The number of nitrogen functional groups attached to an aromatic ring is 1. The second kappa shape index (κ2) is 7.07. The molecule has 3 aromatic heterocycles. The Bertz CT molecular complexity index is 1450. The molecule has 2 N–H and O–H groups in total. The van der Waals surface area contributed by atoms with E-state index in [1.807, 2.05) is 35.2 Å². The van der Waals surface area contributed by atoms with Gasteiger partial charge in [0.25, 0.3) is 5.56 Å². The van der Waals surface area contributed by atoms with Crippen molar-refractivity contribution in [2.24, 2.45) is 5.41 Å². The summed E-state index contributed by atoms with van der Waals surface area (Å²) in [4.78, 5) is 23.8. The van der Waals surface area contributed by atoms with E-state index in [1.54, 1.807) is 16.8 Å². The van der Waals surface area contributed by atoms with Gasteiger partial charge in [-0.2, -0.15) is 15.3 Å². The maximum Gasteiger partial charge on any atom is 0.284 e. The first kappa shape index (κ1) is 20.0. The van der Waals surface area contributed by atoms with Gasteiger partial charge >= 0.3 is 0 Å². The molecule has 9 nitrogen and oxygen atoms in total. The van der Waals surface area contributed by atoms with Crippen LogP contribution in [0.5, 0.6) is 0 Å². The Hall–Kier alpha value is -3.90. The van der Waals surface area contributed by atoms with Crippen LogP contribution in [0.3, 0.4) is 0 Å². The Morgan fingerprint density at radius 1 is 1.25 bits per heavy atom. The van der Waals surface area contributed by atoms with Crippen molar-refractivity contribution >= 4 is 28.9 Å². The van der Waals surface area contributed by atoms with Gasteiger partial charge in [0.05, 0.1) is 22.9 Å². The first-order chi connectivity index (χ1) is 15.3. The summed E-state index contributed by atoms with van der Waals surface area (Å²) in [6.45, 7) is 4.76. The average Bonchev–Trinajstić information content (AvgIpc) is 3.13. The van der Waals surface area contributed by atoms with Crippen molar-refractivity contribution in [2.45, 2.75) is 19.9 Å². The lowest BCUT2D eigenvalue weighted by Crippen LogP contribution is -2.58. The summed E-state index contributed by atoms with van der Waals surface area (Å²) >= 11 is 6.30. The molecule has 4 heterocycles. The van der Waals surface area contributed by atoms with E-state index in [9.17, 15) is 10.1 Å². The number of para-hydroxylation sites is 1. The van der Waals surface area contributed by atoms with Gasteiger partial charge in [0, 0.05) is 18.2 Å². The zero-order valence-electron chi connectivity index (χ0n) is 17.4. The number of nitriles is 1. The fourth-order valence-corrected chi connectivity index (χ4v) is 4.57. The van der Waals surface area contributed by atoms with E-state index >= 15 is 0 Å². The monoisotopic (exact) mass is 446 g/mol. The highest BCUT2D eigenvalue weighted by Crippen LogP contribution is 2.50. The molecule has 10 heteroatoms. The van der Waals surface area contributed by atoms with Gasteiger partial charge in [-0.3, -0.25) is 9.36 Å². The number of fused-ring (bicyclic) bond motifs is 1. The Balaban J connectivity index is 1.79. The molecule has 1 aromatic carbocycles. The van der Waals surface area contributed by atoms with E-state index in [0.717, 1.165) is 0 Å². The first-order valence-corrected chi connectivity index (χ1v) is 10.3. The van der Waals surface area contributed by atoms with E-state index in [0.29, 0.717) is 40.0 Å². The number of rotatable bonds is 3. The number of hydrogen-bond acceptors (Lipinski definition) is 7. The van der Waals surface area contributed by atoms with Crippen molar-refractivity contribution in [1.29, 1.82) is 5.26 Å². The summed E-state index contributed by atoms with van der Waals surface area (Å²) in [7, 11) is 0. The number of nitrogens with two attached hydrogens (primary N) is 1. The maximum absolute atomic E-state index is 13.6. The molecule has 1 saturated heterocycles. The lowest BCUT2D eigenvalue weighted by Gasteiger charge is -2.54. The molecule has 4 aromatic rings. The van der Waals surface area contributed by atoms with Crippen LogP contribution < -0.4 is 16.2 Å². The van der Waals surface area contributed by atoms with Gasteiger partial charge in [-0.1, -0.05) is 43.6 Å². The zero-order chi connectivity index (χ0) is 22.6. The van der Waals surface area contributed by atoms with Crippen molar-refractivity contribution in [3.8, 4) is 11.8 Å². The molecule has 0 unspecified atom stereocenters. The minimum absolute atomic E-state index is 0.0727. The van der Waals surface area contributed by atoms with Crippen LogP contribution in [0.4, 0.5) is 11.8 Å². The van der Waals surface area contributed by atoms with Crippen LogP contribution in [0.25, 0.3) is 11.2 Å². The summed E-state index contributed by atoms with van der Waals surface area (Å²) in [5.41, 5.74) is 6.55. The van der Waals surface area contributed by atoms with Crippen LogP contribution in [0.1, 0.15) is 31.3 Å². The van der Waals surface area contributed by atoms with E-state index in [-0.39, 0.29) is 23.0 Å². The molecule has 0 aliphatic carbocycles. The molecule has 0 spiro atoms. The summed E-state index contributed by atoms with van der Waals surface area (Å²) in [5, 5.41) is 14.7. The summed E-state index contributed by atoms with van der Waals surface area (Å²) in [5.74, 6) is 1.01. The normalized spacial score (nSPS) is 17.2. The van der Waals surface area contributed by atoms with Crippen molar-refractivity contribution in [3.05, 3.63) is 75.6 Å². The Morgan fingerprint density at radius 3 is 2.69 bits per heavy atom. The Kier molecular flexibility index (Phi) is 4.42. The quantitative estimate of drug-likeness (QED) is 0.513. The molecule has 1 aliphatic rings. The van der Waals surface area contributed by atoms with Crippen LogP contribution >= 0.6 is 11.6 Å². The third-order valence-corrected chi connectivity index (χ3v) is 6.04. The van der Waals surface area contributed by atoms with Gasteiger partial charge in [0.1, 0.15) is 17.1 Å². The number of hydrogen-bond donors (Lipinski definition) is 1.